The second-order valence-corrected chi connectivity index (χ2v) is 8.02. The third-order valence-electron chi connectivity index (χ3n) is 6.22. The van der Waals surface area contributed by atoms with Crippen LogP contribution in [0.2, 0.25) is 0 Å². The molecule has 1 aliphatic rings. The summed E-state index contributed by atoms with van der Waals surface area (Å²) in [5.74, 6) is -1.12. The van der Waals surface area contributed by atoms with Gasteiger partial charge in [0.05, 0.1) is 5.92 Å². The lowest BCUT2D eigenvalue weighted by Gasteiger charge is -2.50. The Balaban J connectivity index is 1.68. The highest BCUT2D eigenvalue weighted by Crippen LogP contribution is 2.58. The second kappa shape index (κ2) is 8.66. The highest BCUT2D eigenvalue weighted by Gasteiger charge is 2.57. The number of ether oxygens (including phenoxy) is 1. The van der Waals surface area contributed by atoms with E-state index < -0.39 is 5.92 Å². The Bertz CT molecular complexity index is 951. The lowest BCUT2D eigenvalue weighted by atomic mass is 9.51. The van der Waals surface area contributed by atoms with Gasteiger partial charge in [0.1, 0.15) is 11.9 Å². The number of Topliss-reactive ketones (excluding diaryl/α,β-unsaturated/α-hetero) is 1. The molecule has 3 heteroatoms. The summed E-state index contributed by atoms with van der Waals surface area (Å²) in [5.41, 5.74) is 2.99. The van der Waals surface area contributed by atoms with E-state index in [1.807, 2.05) is 97.9 Å². The summed E-state index contributed by atoms with van der Waals surface area (Å²) in [6, 6.07) is 29.5. The van der Waals surface area contributed by atoms with Gasteiger partial charge in [-0.25, -0.2) is 0 Å². The lowest BCUT2D eigenvalue weighted by Crippen LogP contribution is -2.51. The molecule has 3 aromatic rings. The number of hydrogen-bond donors (Lipinski definition) is 0. The largest absolute Gasteiger partial charge is 0.458 e. The van der Waals surface area contributed by atoms with E-state index in [-0.39, 0.29) is 35.6 Å². The number of hydrogen-bond acceptors (Lipinski definition) is 3. The molecule has 1 aliphatic carbocycles. The van der Waals surface area contributed by atoms with Gasteiger partial charge in [-0.15, -0.1) is 0 Å². The number of esters is 1. The van der Waals surface area contributed by atoms with Gasteiger partial charge in [0.2, 0.25) is 0 Å². The van der Waals surface area contributed by atoms with Gasteiger partial charge in [-0.2, -0.15) is 0 Å². The van der Waals surface area contributed by atoms with E-state index in [0.29, 0.717) is 0 Å². The summed E-state index contributed by atoms with van der Waals surface area (Å²) in [7, 11) is 0. The monoisotopic (exact) mass is 398 g/mol. The first kappa shape index (κ1) is 20.1. The van der Waals surface area contributed by atoms with Crippen LogP contribution < -0.4 is 0 Å². The number of ketones is 1. The third-order valence-corrected chi connectivity index (χ3v) is 6.22. The van der Waals surface area contributed by atoms with Crippen LogP contribution in [0.4, 0.5) is 0 Å². The fourth-order valence-electron chi connectivity index (χ4n) is 4.77. The van der Waals surface area contributed by atoms with Crippen molar-refractivity contribution in [3.63, 3.8) is 0 Å². The fraction of sp³-hybridized carbons (Fsp3) is 0.259. The zero-order valence-electron chi connectivity index (χ0n) is 17.3. The minimum atomic E-state index is -0.394. The van der Waals surface area contributed by atoms with Crippen molar-refractivity contribution in [1.82, 2.24) is 0 Å². The number of carbonyl (C=O) groups is 2. The maximum absolute atomic E-state index is 13.4. The van der Waals surface area contributed by atoms with E-state index in [0.717, 1.165) is 16.7 Å². The van der Waals surface area contributed by atoms with Gasteiger partial charge >= 0.3 is 5.97 Å². The molecule has 0 N–H and O–H groups in total. The zero-order valence-corrected chi connectivity index (χ0v) is 17.3. The number of carbonyl (C=O) groups excluding carboxylic acids is 2. The number of rotatable bonds is 6. The molecule has 0 bridgehead atoms. The van der Waals surface area contributed by atoms with Gasteiger partial charge in [-0.1, -0.05) is 91.0 Å². The molecule has 0 unspecified atom stereocenters. The van der Waals surface area contributed by atoms with Crippen LogP contribution in [0.5, 0.6) is 0 Å². The molecule has 0 amide bonds. The minimum Gasteiger partial charge on any atom is -0.458 e. The minimum absolute atomic E-state index is 0.109. The lowest BCUT2D eigenvalue weighted by molar-refractivity contribution is -0.163. The molecule has 1 fully saturated rings. The third kappa shape index (κ3) is 3.80. The van der Waals surface area contributed by atoms with Crippen LogP contribution in [-0.4, -0.2) is 11.8 Å². The fourth-order valence-corrected chi connectivity index (χ4v) is 4.77. The maximum atomic E-state index is 13.4. The zero-order chi connectivity index (χ0) is 21.1. The topological polar surface area (TPSA) is 43.4 Å². The van der Waals surface area contributed by atoms with E-state index in [1.54, 1.807) is 6.92 Å². The second-order valence-electron chi connectivity index (χ2n) is 8.02. The van der Waals surface area contributed by atoms with Gasteiger partial charge < -0.3 is 4.74 Å². The van der Waals surface area contributed by atoms with Gasteiger partial charge in [0.15, 0.2) is 0 Å². The van der Waals surface area contributed by atoms with Crippen LogP contribution >= 0.6 is 0 Å². The Labute approximate surface area is 177 Å². The van der Waals surface area contributed by atoms with Gasteiger partial charge in [0.25, 0.3) is 0 Å². The molecular weight excluding hydrogens is 372 g/mol. The molecule has 3 aromatic carbocycles. The standard InChI is InChI=1S/C27H26O3/c1-18(28)23-24(21-14-8-4-9-15-21)26(25(23)22-16-10-5-11-17-22)27(29)30-19(2)20-12-6-3-7-13-20/h3-17,19,23-26H,1-2H3/t19-,23-,24-,25-,26+/m0/s1. The maximum Gasteiger partial charge on any atom is 0.310 e. The molecule has 0 heterocycles. The smallest absolute Gasteiger partial charge is 0.310 e. The highest BCUT2D eigenvalue weighted by molar-refractivity contribution is 5.88. The predicted octanol–water partition coefficient (Wildman–Crippen LogP) is 5.69. The SMILES string of the molecule is CC(=O)[C@H]1[C@H](c2ccccc2)[C@@H](C(=O)O[C@@H](C)c2ccccc2)[C@H]1c1ccccc1. The van der Waals surface area contributed by atoms with Crippen molar-refractivity contribution in [2.75, 3.05) is 0 Å². The van der Waals surface area contributed by atoms with Gasteiger partial charge in [0, 0.05) is 17.8 Å². The molecule has 1 saturated carbocycles. The average molecular weight is 399 g/mol. The number of benzene rings is 3. The highest BCUT2D eigenvalue weighted by atomic mass is 16.5. The van der Waals surface area contributed by atoms with E-state index in [9.17, 15) is 9.59 Å². The summed E-state index contributed by atoms with van der Waals surface area (Å²) in [5, 5.41) is 0. The molecule has 30 heavy (non-hydrogen) atoms. The average Bonchev–Trinajstić information content (AvgIpc) is 2.75. The van der Waals surface area contributed by atoms with E-state index in [4.69, 9.17) is 4.74 Å². The van der Waals surface area contributed by atoms with Crippen LogP contribution in [0.1, 0.15) is 48.5 Å². The quantitative estimate of drug-likeness (QED) is 0.501. The summed E-state index contributed by atoms with van der Waals surface area (Å²) in [4.78, 5) is 26.1. The normalized spacial score (nSPS) is 23.8. The molecule has 0 aromatic heterocycles. The molecule has 4 rings (SSSR count). The van der Waals surface area contributed by atoms with Crippen LogP contribution in [0.3, 0.4) is 0 Å². The molecular formula is C27H26O3. The molecule has 3 nitrogen and oxygen atoms in total. The summed E-state index contributed by atoms with van der Waals surface area (Å²) in [6.45, 7) is 3.52. The van der Waals surface area contributed by atoms with Crippen LogP contribution in [0, 0.1) is 11.8 Å². The first-order chi connectivity index (χ1) is 14.6. The molecule has 0 saturated heterocycles. The van der Waals surface area contributed by atoms with Crippen molar-refractivity contribution >= 4 is 11.8 Å². The van der Waals surface area contributed by atoms with Crippen molar-refractivity contribution in [2.24, 2.45) is 11.8 Å². The van der Waals surface area contributed by atoms with Crippen molar-refractivity contribution < 1.29 is 14.3 Å². The summed E-state index contributed by atoms with van der Waals surface area (Å²) < 4.78 is 5.92. The predicted molar refractivity (Wildman–Crippen MR) is 117 cm³/mol. The Hall–Kier alpha value is -3.20. The van der Waals surface area contributed by atoms with E-state index in [1.165, 1.54) is 0 Å². The van der Waals surface area contributed by atoms with Crippen molar-refractivity contribution in [2.45, 2.75) is 31.8 Å². The summed E-state index contributed by atoms with van der Waals surface area (Å²) >= 11 is 0. The Kier molecular flexibility index (Phi) is 5.80. The van der Waals surface area contributed by atoms with Crippen molar-refractivity contribution in [3.05, 3.63) is 108 Å². The summed E-state index contributed by atoms with van der Waals surface area (Å²) in [6.07, 6.45) is -0.345. The molecule has 0 aliphatic heterocycles. The van der Waals surface area contributed by atoms with Crippen LogP contribution in [-0.2, 0) is 14.3 Å². The van der Waals surface area contributed by atoms with Gasteiger partial charge in [-0.3, -0.25) is 9.59 Å². The van der Waals surface area contributed by atoms with E-state index in [2.05, 4.69) is 0 Å². The van der Waals surface area contributed by atoms with Crippen LogP contribution in [0.15, 0.2) is 91.0 Å². The van der Waals surface area contributed by atoms with Crippen molar-refractivity contribution in [1.29, 1.82) is 0 Å². The van der Waals surface area contributed by atoms with Gasteiger partial charge in [-0.05, 0) is 30.5 Å². The van der Waals surface area contributed by atoms with Crippen LogP contribution in [0.25, 0.3) is 0 Å². The Morgan fingerprint density at radius 2 is 1.13 bits per heavy atom. The Morgan fingerprint density at radius 1 is 0.700 bits per heavy atom. The molecule has 0 radical (unpaired) electrons. The first-order valence-electron chi connectivity index (χ1n) is 10.4. The van der Waals surface area contributed by atoms with Crippen molar-refractivity contribution in [3.8, 4) is 0 Å². The molecule has 0 spiro atoms. The van der Waals surface area contributed by atoms with E-state index >= 15 is 0 Å². The molecule has 3 atom stereocenters. The Morgan fingerprint density at radius 3 is 1.57 bits per heavy atom. The first-order valence-corrected chi connectivity index (χ1v) is 10.4. The molecule has 152 valence electrons.